The first kappa shape index (κ1) is 18.0. The van der Waals surface area contributed by atoms with Crippen molar-refractivity contribution in [2.24, 2.45) is 5.92 Å². The number of nitrogens with zero attached hydrogens (tertiary/aromatic N) is 1. The van der Waals surface area contributed by atoms with Gasteiger partial charge in [-0.25, -0.2) is 0 Å². The molecular weight excluding hydrogens is 268 g/mol. The van der Waals surface area contributed by atoms with Crippen molar-refractivity contribution in [2.75, 3.05) is 26.2 Å². The number of piperidine rings is 1. The highest BCUT2D eigenvalue weighted by Crippen LogP contribution is 2.21. The lowest BCUT2D eigenvalue weighted by Crippen LogP contribution is -2.48. The molecule has 0 aromatic carbocycles. The molecule has 1 heterocycles. The highest BCUT2D eigenvalue weighted by atomic mass is 16.5. The fourth-order valence-electron chi connectivity index (χ4n) is 2.82. The lowest BCUT2D eigenvalue weighted by atomic mass is 9.94. The summed E-state index contributed by atoms with van der Waals surface area (Å²) in [4.78, 5) is 26.1. The molecule has 1 amide bonds. The Bertz CT molecular complexity index is 325. The third-order valence-corrected chi connectivity index (χ3v) is 4.12. The van der Waals surface area contributed by atoms with E-state index in [1.54, 1.807) is 0 Å². The van der Waals surface area contributed by atoms with Crippen molar-refractivity contribution < 1.29 is 14.3 Å². The van der Waals surface area contributed by atoms with Gasteiger partial charge < -0.3 is 10.1 Å². The minimum Gasteiger partial charge on any atom is -0.465 e. The molecule has 0 aromatic rings. The van der Waals surface area contributed by atoms with Crippen molar-refractivity contribution in [1.82, 2.24) is 10.2 Å². The standard InChI is InChI=1S/C16H30N2O3/c1-4-7-10-17-15(19)13-8-11-18(12-9-13)14(5-2)16(20)21-6-3/h13-14H,4-12H2,1-3H3,(H,17,19)/t14-/m1/s1. The number of unbranched alkanes of at least 4 members (excludes halogenated alkanes) is 1. The Morgan fingerprint density at radius 1 is 1.24 bits per heavy atom. The van der Waals surface area contributed by atoms with Crippen molar-refractivity contribution in [3.05, 3.63) is 0 Å². The van der Waals surface area contributed by atoms with E-state index in [2.05, 4.69) is 17.1 Å². The molecule has 1 atom stereocenters. The fraction of sp³-hybridized carbons (Fsp3) is 0.875. The van der Waals surface area contributed by atoms with E-state index in [0.29, 0.717) is 6.61 Å². The first-order chi connectivity index (χ1) is 10.1. The summed E-state index contributed by atoms with van der Waals surface area (Å²) in [7, 11) is 0. The first-order valence-corrected chi connectivity index (χ1v) is 8.32. The van der Waals surface area contributed by atoms with Gasteiger partial charge in [0.2, 0.25) is 5.91 Å². The molecule has 122 valence electrons. The molecule has 0 bridgehead atoms. The van der Waals surface area contributed by atoms with Crippen molar-refractivity contribution in [3.63, 3.8) is 0 Å². The quantitative estimate of drug-likeness (QED) is 0.550. The first-order valence-electron chi connectivity index (χ1n) is 8.32. The van der Waals surface area contributed by atoms with Crippen LogP contribution in [0, 0.1) is 5.92 Å². The van der Waals surface area contributed by atoms with Crippen LogP contribution in [-0.2, 0) is 14.3 Å². The van der Waals surface area contributed by atoms with Gasteiger partial charge in [-0.2, -0.15) is 0 Å². The summed E-state index contributed by atoms with van der Waals surface area (Å²) in [5, 5.41) is 3.01. The molecule has 1 N–H and O–H groups in total. The highest BCUT2D eigenvalue weighted by Gasteiger charge is 2.31. The number of hydrogen-bond donors (Lipinski definition) is 1. The molecule has 1 saturated heterocycles. The van der Waals surface area contributed by atoms with Crippen LogP contribution >= 0.6 is 0 Å². The fourth-order valence-corrected chi connectivity index (χ4v) is 2.82. The van der Waals surface area contributed by atoms with Gasteiger partial charge in [-0.1, -0.05) is 20.3 Å². The Balaban J connectivity index is 2.39. The highest BCUT2D eigenvalue weighted by molar-refractivity contribution is 5.79. The van der Waals surface area contributed by atoms with Crippen LogP contribution in [0.5, 0.6) is 0 Å². The van der Waals surface area contributed by atoms with Gasteiger partial charge in [-0.05, 0) is 45.7 Å². The summed E-state index contributed by atoms with van der Waals surface area (Å²) in [6.07, 6.45) is 4.54. The number of nitrogens with one attached hydrogen (secondary N) is 1. The number of amides is 1. The molecule has 0 unspecified atom stereocenters. The maximum Gasteiger partial charge on any atom is 0.323 e. The summed E-state index contributed by atoms with van der Waals surface area (Å²) < 4.78 is 5.13. The van der Waals surface area contributed by atoms with E-state index in [1.165, 1.54) is 0 Å². The van der Waals surface area contributed by atoms with Crippen molar-refractivity contribution >= 4 is 11.9 Å². The van der Waals surface area contributed by atoms with Gasteiger partial charge in [0, 0.05) is 12.5 Å². The number of carbonyl (C=O) groups excluding carboxylic acids is 2. The Morgan fingerprint density at radius 2 is 1.90 bits per heavy atom. The minimum atomic E-state index is -0.158. The predicted octanol–water partition coefficient (Wildman–Crippen LogP) is 1.96. The van der Waals surface area contributed by atoms with Gasteiger partial charge in [0.25, 0.3) is 0 Å². The second kappa shape index (κ2) is 9.77. The third kappa shape index (κ3) is 5.65. The Morgan fingerprint density at radius 3 is 2.43 bits per heavy atom. The van der Waals surface area contributed by atoms with Crippen LogP contribution in [-0.4, -0.2) is 49.1 Å². The Hall–Kier alpha value is -1.10. The molecule has 5 nitrogen and oxygen atoms in total. The molecule has 0 aliphatic carbocycles. The van der Waals surface area contributed by atoms with Crippen LogP contribution in [0.25, 0.3) is 0 Å². The van der Waals surface area contributed by atoms with E-state index in [4.69, 9.17) is 4.74 Å². The second-order valence-electron chi connectivity index (χ2n) is 5.63. The monoisotopic (exact) mass is 298 g/mol. The molecular formula is C16H30N2O3. The van der Waals surface area contributed by atoms with Crippen molar-refractivity contribution in [3.8, 4) is 0 Å². The predicted molar refractivity (Wildman–Crippen MR) is 82.9 cm³/mol. The van der Waals surface area contributed by atoms with Crippen LogP contribution in [0.4, 0.5) is 0 Å². The molecule has 0 spiro atoms. The lowest BCUT2D eigenvalue weighted by Gasteiger charge is -2.35. The van der Waals surface area contributed by atoms with E-state index >= 15 is 0 Å². The maximum atomic E-state index is 12.0. The zero-order valence-electron chi connectivity index (χ0n) is 13.7. The zero-order chi connectivity index (χ0) is 15.7. The van der Waals surface area contributed by atoms with Gasteiger partial charge in [0.1, 0.15) is 6.04 Å². The summed E-state index contributed by atoms with van der Waals surface area (Å²) in [5.41, 5.74) is 0. The number of ether oxygens (including phenoxy) is 1. The molecule has 21 heavy (non-hydrogen) atoms. The average molecular weight is 298 g/mol. The number of rotatable bonds is 8. The van der Waals surface area contributed by atoms with Gasteiger partial charge >= 0.3 is 5.97 Å². The number of esters is 1. The third-order valence-electron chi connectivity index (χ3n) is 4.12. The van der Waals surface area contributed by atoms with Crippen LogP contribution < -0.4 is 5.32 Å². The summed E-state index contributed by atoms with van der Waals surface area (Å²) in [6.45, 7) is 8.74. The van der Waals surface area contributed by atoms with E-state index in [0.717, 1.165) is 51.7 Å². The molecule has 1 rings (SSSR count). The molecule has 1 aliphatic heterocycles. The van der Waals surface area contributed by atoms with E-state index < -0.39 is 0 Å². The molecule has 0 aromatic heterocycles. The molecule has 5 heteroatoms. The summed E-state index contributed by atoms with van der Waals surface area (Å²) in [6, 6.07) is -0.158. The maximum absolute atomic E-state index is 12.0. The van der Waals surface area contributed by atoms with Gasteiger partial charge in [0.05, 0.1) is 6.61 Å². The van der Waals surface area contributed by atoms with Crippen LogP contribution in [0.1, 0.15) is 52.9 Å². The Kier molecular flexibility index (Phi) is 8.35. The molecule has 0 radical (unpaired) electrons. The van der Waals surface area contributed by atoms with Crippen molar-refractivity contribution in [2.45, 2.75) is 58.9 Å². The topological polar surface area (TPSA) is 58.6 Å². The number of hydrogen-bond acceptors (Lipinski definition) is 4. The van der Waals surface area contributed by atoms with E-state index in [9.17, 15) is 9.59 Å². The van der Waals surface area contributed by atoms with Crippen LogP contribution in [0.2, 0.25) is 0 Å². The normalized spacial score (nSPS) is 18.2. The molecule has 1 fully saturated rings. The van der Waals surface area contributed by atoms with Gasteiger partial charge in [-0.15, -0.1) is 0 Å². The SMILES string of the molecule is CCCCNC(=O)C1CCN([C@H](CC)C(=O)OCC)CC1. The van der Waals surface area contributed by atoms with E-state index in [-0.39, 0.29) is 23.8 Å². The van der Waals surface area contributed by atoms with Crippen LogP contribution in [0.15, 0.2) is 0 Å². The summed E-state index contributed by atoms with van der Waals surface area (Å²) in [5.74, 6) is 0.135. The molecule has 0 saturated carbocycles. The number of likely N-dealkylation sites (tertiary alicyclic amines) is 1. The van der Waals surface area contributed by atoms with Crippen LogP contribution in [0.3, 0.4) is 0 Å². The minimum absolute atomic E-state index is 0.0952. The Labute approximate surface area is 128 Å². The smallest absolute Gasteiger partial charge is 0.323 e. The lowest BCUT2D eigenvalue weighted by molar-refractivity contribution is -0.150. The second-order valence-corrected chi connectivity index (χ2v) is 5.63. The molecule has 1 aliphatic rings. The average Bonchev–Trinajstić information content (AvgIpc) is 2.49. The summed E-state index contributed by atoms with van der Waals surface area (Å²) >= 11 is 0. The van der Waals surface area contributed by atoms with Gasteiger partial charge in [-0.3, -0.25) is 14.5 Å². The van der Waals surface area contributed by atoms with Crippen molar-refractivity contribution in [1.29, 1.82) is 0 Å². The number of carbonyl (C=O) groups is 2. The largest absolute Gasteiger partial charge is 0.465 e. The van der Waals surface area contributed by atoms with E-state index in [1.807, 2.05) is 13.8 Å². The van der Waals surface area contributed by atoms with Gasteiger partial charge in [0.15, 0.2) is 0 Å². The zero-order valence-corrected chi connectivity index (χ0v) is 13.7.